The Kier molecular flexibility index (Phi) is 4.78. The molecule has 3 nitrogen and oxygen atoms in total. The van der Waals surface area contributed by atoms with Crippen LogP contribution in [0.4, 0.5) is 0 Å². The first kappa shape index (κ1) is 10.7. The molecular weight excluding hydrogens is 152 g/mol. The Labute approximate surface area is 73.1 Å². The molecule has 0 radical (unpaired) electrons. The lowest BCUT2D eigenvalue weighted by Crippen LogP contribution is -2.35. The van der Waals surface area contributed by atoms with Crippen molar-refractivity contribution in [2.24, 2.45) is 5.92 Å². The molecule has 0 spiro atoms. The molecule has 0 aliphatic carbocycles. The van der Waals surface area contributed by atoms with Crippen LogP contribution in [0.3, 0.4) is 0 Å². The Morgan fingerprint density at radius 3 is 2.75 bits per heavy atom. The van der Waals surface area contributed by atoms with Crippen LogP contribution in [-0.2, 0) is 4.79 Å². The van der Waals surface area contributed by atoms with E-state index in [4.69, 9.17) is 5.26 Å². The molecule has 0 aromatic carbocycles. The highest BCUT2D eigenvalue weighted by Crippen LogP contribution is 1.95. The monoisotopic (exact) mass is 166 g/mol. The molecule has 0 saturated carbocycles. The van der Waals surface area contributed by atoms with Gasteiger partial charge in [-0.3, -0.25) is 4.79 Å². The van der Waals surface area contributed by atoms with Gasteiger partial charge in [0, 0.05) is 6.04 Å². The molecule has 2 atom stereocenters. The van der Waals surface area contributed by atoms with E-state index < -0.39 is 5.92 Å². The maximum atomic E-state index is 11.1. The van der Waals surface area contributed by atoms with E-state index in [0.29, 0.717) is 0 Å². The number of carbonyl (C=O) groups is 1. The predicted molar refractivity (Wildman–Crippen MR) is 47.2 cm³/mol. The van der Waals surface area contributed by atoms with Crippen molar-refractivity contribution in [3.8, 4) is 6.07 Å². The summed E-state index contributed by atoms with van der Waals surface area (Å²) in [5.74, 6) is -0.788. The third kappa shape index (κ3) is 3.77. The number of carbonyl (C=O) groups excluding carboxylic acids is 1. The number of nitrogens with one attached hydrogen (secondary N) is 1. The summed E-state index contributed by atoms with van der Waals surface area (Å²) in [6.07, 6.45) is 2.46. The lowest BCUT2D eigenvalue weighted by Gasteiger charge is -2.11. The number of hydrogen-bond acceptors (Lipinski definition) is 2. The summed E-state index contributed by atoms with van der Waals surface area (Å²) in [5, 5.41) is 11.1. The summed E-state index contributed by atoms with van der Waals surface area (Å²) in [6.45, 7) is 7.01. The molecule has 0 aromatic rings. The Hall–Kier alpha value is -1.30. The summed E-state index contributed by atoms with van der Waals surface area (Å²) >= 11 is 0. The number of nitriles is 1. The topological polar surface area (TPSA) is 52.9 Å². The maximum Gasteiger partial charge on any atom is 0.237 e. The van der Waals surface area contributed by atoms with Gasteiger partial charge in [0.15, 0.2) is 0 Å². The molecule has 0 aliphatic heterocycles. The van der Waals surface area contributed by atoms with Gasteiger partial charge >= 0.3 is 0 Å². The van der Waals surface area contributed by atoms with Gasteiger partial charge in [0.1, 0.15) is 5.92 Å². The van der Waals surface area contributed by atoms with E-state index in [1.165, 1.54) is 0 Å². The Balaban J connectivity index is 3.85. The Bertz CT molecular complexity index is 205. The minimum Gasteiger partial charge on any atom is -0.352 e. The van der Waals surface area contributed by atoms with Gasteiger partial charge in [-0.15, -0.1) is 6.58 Å². The molecule has 0 fully saturated rings. The normalized spacial score (nSPS) is 14.1. The molecule has 0 aromatic heterocycles. The molecule has 1 amide bonds. The number of amides is 1. The lowest BCUT2D eigenvalue weighted by atomic mass is 10.1. The molecule has 0 bridgehead atoms. The highest BCUT2D eigenvalue weighted by molar-refractivity contribution is 5.80. The highest BCUT2D eigenvalue weighted by Gasteiger charge is 2.12. The minimum absolute atomic E-state index is 0.0609. The lowest BCUT2D eigenvalue weighted by molar-refractivity contribution is -0.123. The van der Waals surface area contributed by atoms with Gasteiger partial charge in [0.25, 0.3) is 0 Å². The second-order valence-corrected chi connectivity index (χ2v) is 2.78. The molecular formula is C9H14N2O. The van der Waals surface area contributed by atoms with Crippen LogP contribution in [-0.4, -0.2) is 11.9 Å². The standard InChI is InChI=1S/C9H14N2O/c1-4-5-8(3)11-9(12)7(2)6-10/h4,7-8H,1,5H2,2-3H3,(H,11,12). The average molecular weight is 166 g/mol. The van der Waals surface area contributed by atoms with E-state index in [-0.39, 0.29) is 11.9 Å². The summed E-state index contributed by atoms with van der Waals surface area (Å²) in [4.78, 5) is 11.1. The van der Waals surface area contributed by atoms with Crippen molar-refractivity contribution in [3.63, 3.8) is 0 Å². The third-order valence-corrected chi connectivity index (χ3v) is 1.50. The number of hydrogen-bond donors (Lipinski definition) is 1. The molecule has 1 N–H and O–H groups in total. The van der Waals surface area contributed by atoms with Crippen LogP contribution in [0, 0.1) is 17.2 Å². The molecule has 12 heavy (non-hydrogen) atoms. The molecule has 0 heterocycles. The summed E-state index contributed by atoms with van der Waals surface area (Å²) in [7, 11) is 0. The summed E-state index contributed by atoms with van der Waals surface area (Å²) in [5.41, 5.74) is 0. The fraction of sp³-hybridized carbons (Fsp3) is 0.556. The van der Waals surface area contributed by atoms with Gasteiger partial charge < -0.3 is 5.32 Å². The molecule has 0 aliphatic rings. The summed E-state index contributed by atoms with van der Waals surface area (Å²) in [6, 6.07) is 1.94. The largest absolute Gasteiger partial charge is 0.352 e. The van der Waals surface area contributed by atoms with Crippen LogP contribution < -0.4 is 5.32 Å². The fourth-order valence-corrected chi connectivity index (χ4v) is 0.735. The predicted octanol–water partition coefficient (Wildman–Crippen LogP) is 1.23. The minimum atomic E-state index is -0.572. The number of rotatable bonds is 4. The first-order valence-electron chi connectivity index (χ1n) is 3.92. The van der Waals surface area contributed by atoms with Gasteiger partial charge in [-0.05, 0) is 20.3 Å². The first-order valence-corrected chi connectivity index (χ1v) is 3.92. The molecule has 2 unspecified atom stereocenters. The van der Waals surface area contributed by atoms with Crippen LogP contribution in [0.2, 0.25) is 0 Å². The Morgan fingerprint density at radius 2 is 2.33 bits per heavy atom. The second-order valence-electron chi connectivity index (χ2n) is 2.78. The van der Waals surface area contributed by atoms with Crippen molar-refractivity contribution in [3.05, 3.63) is 12.7 Å². The zero-order valence-corrected chi connectivity index (χ0v) is 7.50. The molecule has 3 heteroatoms. The van der Waals surface area contributed by atoms with Gasteiger partial charge in [0.05, 0.1) is 6.07 Å². The van der Waals surface area contributed by atoms with E-state index in [2.05, 4.69) is 11.9 Å². The zero-order valence-electron chi connectivity index (χ0n) is 7.50. The number of nitrogens with zero attached hydrogens (tertiary/aromatic N) is 1. The van der Waals surface area contributed by atoms with Gasteiger partial charge in [-0.25, -0.2) is 0 Å². The van der Waals surface area contributed by atoms with Crippen molar-refractivity contribution in [1.82, 2.24) is 5.32 Å². The second kappa shape index (κ2) is 5.36. The third-order valence-electron chi connectivity index (χ3n) is 1.50. The van der Waals surface area contributed by atoms with E-state index in [9.17, 15) is 4.79 Å². The van der Waals surface area contributed by atoms with Gasteiger partial charge in [-0.1, -0.05) is 6.08 Å². The van der Waals surface area contributed by atoms with Crippen LogP contribution in [0.5, 0.6) is 0 Å². The van der Waals surface area contributed by atoms with Crippen LogP contribution >= 0.6 is 0 Å². The quantitative estimate of drug-likeness (QED) is 0.638. The van der Waals surface area contributed by atoms with Crippen molar-refractivity contribution >= 4 is 5.91 Å². The van der Waals surface area contributed by atoms with Crippen molar-refractivity contribution < 1.29 is 4.79 Å². The van der Waals surface area contributed by atoms with Crippen LogP contribution in [0.15, 0.2) is 12.7 Å². The fourth-order valence-electron chi connectivity index (χ4n) is 0.735. The van der Waals surface area contributed by atoms with Crippen molar-refractivity contribution in [2.75, 3.05) is 0 Å². The van der Waals surface area contributed by atoms with Crippen molar-refractivity contribution in [1.29, 1.82) is 5.26 Å². The molecule has 66 valence electrons. The first-order chi connectivity index (χ1) is 5.61. The van der Waals surface area contributed by atoms with E-state index in [0.717, 1.165) is 6.42 Å². The Morgan fingerprint density at radius 1 is 1.75 bits per heavy atom. The van der Waals surface area contributed by atoms with Crippen LogP contribution in [0.25, 0.3) is 0 Å². The summed E-state index contributed by atoms with van der Waals surface area (Å²) < 4.78 is 0. The van der Waals surface area contributed by atoms with Gasteiger partial charge in [0.2, 0.25) is 5.91 Å². The SMILES string of the molecule is C=CCC(C)NC(=O)C(C)C#N. The average Bonchev–Trinajstić information content (AvgIpc) is 2.03. The molecule has 0 saturated heterocycles. The smallest absolute Gasteiger partial charge is 0.237 e. The van der Waals surface area contributed by atoms with E-state index >= 15 is 0 Å². The zero-order chi connectivity index (χ0) is 9.56. The maximum absolute atomic E-state index is 11.1. The van der Waals surface area contributed by atoms with Gasteiger partial charge in [-0.2, -0.15) is 5.26 Å². The highest BCUT2D eigenvalue weighted by atomic mass is 16.1. The van der Waals surface area contributed by atoms with Crippen molar-refractivity contribution in [2.45, 2.75) is 26.3 Å². The molecule has 0 rings (SSSR count). The van der Waals surface area contributed by atoms with E-state index in [1.54, 1.807) is 13.0 Å². The van der Waals surface area contributed by atoms with Crippen LogP contribution in [0.1, 0.15) is 20.3 Å². The van der Waals surface area contributed by atoms with E-state index in [1.807, 2.05) is 13.0 Å².